The molecular formula is C16H29Cl2N3O. The van der Waals surface area contributed by atoms with E-state index in [1.165, 1.54) is 5.56 Å². The molecule has 0 aliphatic heterocycles. The third-order valence-corrected chi connectivity index (χ3v) is 3.07. The van der Waals surface area contributed by atoms with Gasteiger partial charge in [-0.3, -0.25) is 4.79 Å². The van der Waals surface area contributed by atoms with Gasteiger partial charge in [0.15, 0.2) is 0 Å². The lowest BCUT2D eigenvalue weighted by molar-refractivity contribution is -0.116. The molecule has 1 aromatic carbocycles. The Balaban J connectivity index is 0. The second-order valence-electron chi connectivity index (χ2n) is 5.44. The molecule has 4 nitrogen and oxygen atoms in total. The van der Waals surface area contributed by atoms with Gasteiger partial charge in [0, 0.05) is 18.7 Å². The molecular weight excluding hydrogens is 321 g/mol. The third-order valence-electron chi connectivity index (χ3n) is 3.07. The van der Waals surface area contributed by atoms with Gasteiger partial charge >= 0.3 is 0 Å². The second kappa shape index (κ2) is 13.8. The molecule has 0 bridgehead atoms. The number of nitrogens with one attached hydrogen (secondary N) is 1. The predicted octanol–water partition coefficient (Wildman–Crippen LogP) is 3.44. The third kappa shape index (κ3) is 10.9. The maximum Gasteiger partial charge on any atom is 0.224 e. The van der Waals surface area contributed by atoms with Crippen LogP contribution >= 0.6 is 24.8 Å². The van der Waals surface area contributed by atoms with Crippen LogP contribution in [-0.4, -0.2) is 31.4 Å². The molecule has 1 rings (SSSR count). The largest absolute Gasteiger partial charge is 0.330 e. The quantitative estimate of drug-likeness (QED) is 0.671. The summed E-state index contributed by atoms with van der Waals surface area (Å²) in [6.45, 7) is 1.62. The Bertz CT molecular complexity index is 414. The molecule has 0 aromatic heterocycles. The molecule has 1 aromatic rings. The van der Waals surface area contributed by atoms with E-state index in [-0.39, 0.29) is 30.7 Å². The lowest BCUT2D eigenvalue weighted by Crippen LogP contribution is -2.13. The molecule has 6 heteroatoms. The van der Waals surface area contributed by atoms with E-state index in [1.807, 2.05) is 32.3 Å². The van der Waals surface area contributed by atoms with Crippen molar-refractivity contribution in [1.29, 1.82) is 0 Å². The Labute approximate surface area is 146 Å². The van der Waals surface area contributed by atoms with Crippen LogP contribution in [0.1, 0.15) is 37.7 Å². The summed E-state index contributed by atoms with van der Waals surface area (Å²) in [7, 11) is 4.07. The first-order chi connectivity index (χ1) is 9.61. The molecule has 22 heavy (non-hydrogen) atoms. The van der Waals surface area contributed by atoms with E-state index in [0.29, 0.717) is 6.42 Å². The number of nitrogens with two attached hydrogens (primary N) is 1. The first-order valence-corrected chi connectivity index (χ1v) is 7.35. The van der Waals surface area contributed by atoms with Crippen molar-refractivity contribution in [1.82, 2.24) is 4.90 Å². The molecule has 0 radical (unpaired) electrons. The average molecular weight is 350 g/mol. The van der Waals surface area contributed by atoms with E-state index >= 15 is 0 Å². The zero-order valence-electron chi connectivity index (χ0n) is 13.5. The minimum Gasteiger partial charge on any atom is -0.330 e. The van der Waals surface area contributed by atoms with Crippen LogP contribution in [0, 0.1) is 0 Å². The number of unbranched alkanes of at least 4 members (excludes halogenated alkanes) is 3. The maximum atomic E-state index is 11.8. The number of hydrogen-bond donors (Lipinski definition) is 2. The van der Waals surface area contributed by atoms with Crippen LogP contribution in [0.15, 0.2) is 24.3 Å². The van der Waals surface area contributed by atoms with Crippen molar-refractivity contribution < 1.29 is 4.79 Å². The summed E-state index contributed by atoms with van der Waals surface area (Å²) >= 11 is 0. The summed E-state index contributed by atoms with van der Waals surface area (Å²) in [6.07, 6.45) is 4.76. The first-order valence-electron chi connectivity index (χ1n) is 7.35. The predicted molar refractivity (Wildman–Crippen MR) is 99.1 cm³/mol. The molecule has 0 saturated carbocycles. The topological polar surface area (TPSA) is 58.4 Å². The van der Waals surface area contributed by atoms with Gasteiger partial charge in [-0.1, -0.05) is 25.0 Å². The molecule has 3 N–H and O–H groups in total. The van der Waals surface area contributed by atoms with Crippen molar-refractivity contribution in [2.24, 2.45) is 5.73 Å². The van der Waals surface area contributed by atoms with Crippen LogP contribution < -0.4 is 11.1 Å². The summed E-state index contributed by atoms with van der Waals surface area (Å²) in [5.74, 6) is 0.0970. The van der Waals surface area contributed by atoms with E-state index in [0.717, 1.165) is 44.5 Å². The molecule has 0 heterocycles. The highest BCUT2D eigenvalue weighted by molar-refractivity contribution is 5.90. The lowest BCUT2D eigenvalue weighted by Gasteiger charge is -2.11. The number of hydrogen-bond acceptors (Lipinski definition) is 3. The first kappa shape index (κ1) is 23.5. The summed E-state index contributed by atoms with van der Waals surface area (Å²) in [5, 5.41) is 2.96. The summed E-state index contributed by atoms with van der Waals surface area (Å²) in [5.41, 5.74) is 7.53. The van der Waals surface area contributed by atoms with Gasteiger partial charge in [-0.15, -0.1) is 24.8 Å². The summed E-state index contributed by atoms with van der Waals surface area (Å²) in [4.78, 5) is 13.9. The van der Waals surface area contributed by atoms with Gasteiger partial charge < -0.3 is 16.0 Å². The molecule has 0 spiro atoms. The van der Waals surface area contributed by atoms with E-state index in [1.54, 1.807) is 0 Å². The van der Waals surface area contributed by atoms with Gasteiger partial charge in [0.25, 0.3) is 0 Å². The second-order valence-corrected chi connectivity index (χ2v) is 5.44. The normalized spacial score (nSPS) is 9.82. The van der Waals surface area contributed by atoms with Crippen LogP contribution in [0.5, 0.6) is 0 Å². The highest BCUT2D eigenvalue weighted by atomic mass is 35.5. The SMILES string of the molecule is CN(C)Cc1cccc(NC(=O)CCCCCCN)c1.Cl.Cl. The summed E-state index contributed by atoms with van der Waals surface area (Å²) in [6, 6.07) is 8.02. The zero-order valence-corrected chi connectivity index (χ0v) is 15.1. The van der Waals surface area contributed by atoms with Crippen molar-refractivity contribution in [3.05, 3.63) is 29.8 Å². The Morgan fingerprint density at radius 3 is 2.45 bits per heavy atom. The number of carbonyl (C=O) groups excluding carboxylic acids is 1. The van der Waals surface area contributed by atoms with Gasteiger partial charge in [0.1, 0.15) is 0 Å². The van der Waals surface area contributed by atoms with Crippen molar-refractivity contribution in [2.75, 3.05) is 26.0 Å². The van der Waals surface area contributed by atoms with Crippen LogP contribution in [0.3, 0.4) is 0 Å². The number of rotatable bonds is 9. The van der Waals surface area contributed by atoms with Crippen LogP contribution in [0.25, 0.3) is 0 Å². The van der Waals surface area contributed by atoms with Gasteiger partial charge in [0.2, 0.25) is 5.91 Å². The lowest BCUT2D eigenvalue weighted by atomic mass is 10.1. The van der Waals surface area contributed by atoms with Crippen LogP contribution in [0.4, 0.5) is 5.69 Å². The Kier molecular flexibility index (Phi) is 14.7. The number of anilines is 1. The van der Waals surface area contributed by atoms with Crippen molar-refractivity contribution in [2.45, 2.75) is 38.6 Å². The fourth-order valence-corrected chi connectivity index (χ4v) is 2.12. The molecule has 0 atom stereocenters. The smallest absolute Gasteiger partial charge is 0.224 e. The zero-order chi connectivity index (χ0) is 14.8. The minimum absolute atomic E-state index is 0. The summed E-state index contributed by atoms with van der Waals surface area (Å²) < 4.78 is 0. The molecule has 0 aliphatic rings. The van der Waals surface area contributed by atoms with Crippen molar-refractivity contribution in [3.8, 4) is 0 Å². The monoisotopic (exact) mass is 349 g/mol. The number of halogens is 2. The molecule has 0 aliphatic carbocycles. The van der Waals surface area contributed by atoms with E-state index < -0.39 is 0 Å². The van der Waals surface area contributed by atoms with Crippen molar-refractivity contribution in [3.63, 3.8) is 0 Å². The average Bonchev–Trinajstić information content (AvgIpc) is 2.38. The number of carbonyl (C=O) groups is 1. The van der Waals surface area contributed by atoms with Crippen LogP contribution in [-0.2, 0) is 11.3 Å². The van der Waals surface area contributed by atoms with Gasteiger partial charge in [0.05, 0.1) is 0 Å². The molecule has 0 unspecified atom stereocenters. The Morgan fingerprint density at radius 1 is 1.14 bits per heavy atom. The standard InChI is InChI=1S/C16H27N3O.2ClH/c1-19(2)13-14-8-7-9-15(12-14)18-16(20)10-5-3-4-6-11-17;;/h7-9,12H,3-6,10-11,13,17H2,1-2H3,(H,18,20);2*1H. The fraction of sp³-hybridized carbons (Fsp3) is 0.562. The number of benzene rings is 1. The Morgan fingerprint density at radius 2 is 1.82 bits per heavy atom. The van der Waals surface area contributed by atoms with E-state index in [4.69, 9.17) is 5.73 Å². The van der Waals surface area contributed by atoms with Gasteiger partial charge in [-0.05, 0) is 51.2 Å². The molecule has 1 amide bonds. The van der Waals surface area contributed by atoms with E-state index in [2.05, 4.69) is 16.3 Å². The molecule has 0 saturated heterocycles. The molecule has 128 valence electrons. The fourth-order valence-electron chi connectivity index (χ4n) is 2.12. The van der Waals surface area contributed by atoms with Gasteiger partial charge in [-0.25, -0.2) is 0 Å². The Hall–Kier alpha value is -0.810. The van der Waals surface area contributed by atoms with E-state index in [9.17, 15) is 4.79 Å². The highest BCUT2D eigenvalue weighted by Gasteiger charge is 2.03. The van der Waals surface area contributed by atoms with Crippen molar-refractivity contribution >= 4 is 36.4 Å². The highest BCUT2D eigenvalue weighted by Crippen LogP contribution is 2.13. The van der Waals surface area contributed by atoms with Crippen LogP contribution in [0.2, 0.25) is 0 Å². The number of amides is 1. The minimum atomic E-state index is 0. The maximum absolute atomic E-state index is 11.8. The molecule has 0 fully saturated rings. The van der Waals surface area contributed by atoms with Gasteiger partial charge in [-0.2, -0.15) is 0 Å². The number of nitrogens with zero attached hydrogens (tertiary/aromatic N) is 1.